The molecule has 3 aromatic heterocycles. The van der Waals surface area contributed by atoms with E-state index in [1.54, 1.807) is 18.3 Å². The summed E-state index contributed by atoms with van der Waals surface area (Å²) in [7, 11) is 0. The summed E-state index contributed by atoms with van der Waals surface area (Å²) in [6, 6.07) is 12.8. The second kappa shape index (κ2) is 12.2. The third kappa shape index (κ3) is 5.66. The summed E-state index contributed by atoms with van der Waals surface area (Å²) in [5.41, 5.74) is 9.77. The second-order valence-corrected chi connectivity index (χ2v) is 12.7. The van der Waals surface area contributed by atoms with Crippen LogP contribution in [-0.4, -0.2) is 65.9 Å². The van der Waals surface area contributed by atoms with E-state index in [9.17, 15) is 9.18 Å². The zero-order valence-electron chi connectivity index (χ0n) is 25.4. The fraction of sp³-hybridized carbons (Fsp3) is 0.324. The summed E-state index contributed by atoms with van der Waals surface area (Å²) in [5.74, 6) is 1.48. The summed E-state index contributed by atoms with van der Waals surface area (Å²) in [5, 5.41) is 8.01. The molecule has 2 N–H and O–H groups in total. The van der Waals surface area contributed by atoms with Gasteiger partial charge in [0, 0.05) is 28.8 Å². The van der Waals surface area contributed by atoms with Crippen molar-refractivity contribution < 1.29 is 18.7 Å². The minimum Gasteiger partial charge on any atom is -0.481 e. The van der Waals surface area contributed by atoms with Crippen LogP contribution >= 0.6 is 11.6 Å². The Morgan fingerprint density at radius 2 is 1.96 bits per heavy atom. The first kappa shape index (κ1) is 29.7. The van der Waals surface area contributed by atoms with Crippen LogP contribution in [0.4, 0.5) is 4.39 Å². The molecule has 2 atom stereocenters. The van der Waals surface area contributed by atoms with Gasteiger partial charge < -0.3 is 19.8 Å². The number of benzene rings is 2. The molecule has 0 spiro atoms. The van der Waals surface area contributed by atoms with Gasteiger partial charge in [-0.2, -0.15) is 0 Å². The predicted molar refractivity (Wildman–Crippen MR) is 173 cm³/mol. The van der Waals surface area contributed by atoms with Gasteiger partial charge in [-0.25, -0.2) is 14.4 Å². The van der Waals surface area contributed by atoms with E-state index in [4.69, 9.17) is 31.8 Å². The molecule has 13 heteroatoms. The Balaban J connectivity index is 1.01. The number of fused-ring (bicyclic) bond motifs is 2. The maximum Gasteiger partial charge on any atom is 0.287 e. The predicted octanol–water partition coefficient (Wildman–Crippen LogP) is 5.22. The first-order valence-corrected chi connectivity index (χ1v) is 16.1. The summed E-state index contributed by atoms with van der Waals surface area (Å²) < 4.78 is 30.7. The van der Waals surface area contributed by atoms with E-state index in [1.165, 1.54) is 17.0 Å². The average Bonchev–Trinajstić information content (AvgIpc) is 3.68. The van der Waals surface area contributed by atoms with Gasteiger partial charge in [0.05, 0.1) is 36.4 Å². The van der Waals surface area contributed by atoms with Crippen molar-refractivity contribution in [1.82, 2.24) is 34.2 Å². The number of amides is 1. The monoisotopic (exact) mass is 654 g/mol. The largest absolute Gasteiger partial charge is 0.481 e. The number of rotatable bonds is 8. The number of imidazole rings is 1. The third-order valence-electron chi connectivity index (χ3n) is 9.33. The maximum atomic E-state index is 14.8. The molecule has 240 valence electrons. The molecule has 0 saturated carbocycles. The van der Waals surface area contributed by atoms with Gasteiger partial charge in [0.2, 0.25) is 5.82 Å². The molecule has 3 aliphatic rings. The normalized spacial score (nSPS) is 19.8. The van der Waals surface area contributed by atoms with Crippen LogP contribution in [0.3, 0.4) is 0 Å². The first-order chi connectivity index (χ1) is 22.9. The van der Waals surface area contributed by atoms with Crippen LogP contribution in [0.2, 0.25) is 5.02 Å². The van der Waals surface area contributed by atoms with Crippen LogP contribution in [0.15, 0.2) is 61.1 Å². The molecular formula is C34H32ClFN8O3. The lowest BCUT2D eigenvalue weighted by Crippen LogP contribution is -2.35. The number of carbonyl (C=O) groups is 1. The Labute approximate surface area is 274 Å². The van der Waals surface area contributed by atoms with E-state index in [-0.39, 0.29) is 17.7 Å². The Morgan fingerprint density at radius 3 is 2.72 bits per heavy atom. The van der Waals surface area contributed by atoms with Gasteiger partial charge in [0.25, 0.3) is 5.91 Å². The number of nitrogens with zero attached hydrogens (tertiary/aromatic N) is 7. The Kier molecular flexibility index (Phi) is 7.70. The second-order valence-electron chi connectivity index (χ2n) is 12.2. The molecule has 0 radical (unpaired) electrons. The molecule has 47 heavy (non-hydrogen) atoms. The van der Waals surface area contributed by atoms with Crippen LogP contribution in [-0.2, 0) is 17.8 Å². The maximum absolute atomic E-state index is 14.8. The van der Waals surface area contributed by atoms with Crippen molar-refractivity contribution in [2.75, 3.05) is 19.7 Å². The molecule has 11 nitrogen and oxygen atoms in total. The first-order valence-electron chi connectivity index (χ1n) is 15.7. The highest BCUT2D eigenvalue weighted by atomic mass is 35.5. The zero-order chi connectivity index (χ0) is 32.1. The van der Waals surface area contributed by atoms with E-state index in [1.807, 2.05) is 24.3 Å². The average molecular weight is 655 g/mol. The number of piperidine rings is 1. The molecule has 0 aliphatic carbocycles. The number of aromatic nitrogens is 6. The smallest absolute Gasteiger partial charge is 0.287 e. The quantitative estimate of drug-likeness (QED) is 0.241. The topological polar surface area (TPSA) is 126 Å². The number of primary amides is 1. The number of hydrogen-bond acceptors (Lipinski definition) is 8. The van der Waals surface area contributed by atoms with Crippen molar-refractivity contribution >= 4 is 34.6 Å². The Hall–Kier alpha value is -4.65. The van der Waals surface area contributed by atoms with Gasteiger partial charge in [0.1, 0.15) is 35.6 Å². The molecule has 0 unspecified atom stereocenters. The molecule has 8 rings (SSSR count). The summed E-state index contributed by atoms with van der Waals surface area (Å²) in [6.07, 6.45) is 9.62. The van der Waals surface area contributed by atoms with E-state index >= 15 is 0 Å². The molecule has 2 aromatic carbocycles. The van der Waals surface area contributed by atoms with Crippen LogP contribution in [0.5, 0.6) is 5.75 Å². The lowest BCUT2D eigenvalue weighted by Gasteiger charge is -2.34. The van der Waals surface area contributed by atoms with Crippen LogP contribution < -0.4 is 10.5 Å². The molecule has 2 fully saturated rings. The van der Waals surface area contributed by atoms with E-state index in [2.05, 4.69) is 36.8 Å². The fourth-order valence-corrected chi connectivity index (χ4v) is 6.90. The number of pyridine rings is 1. The van der Waals surface area contributed by atoms with Crippen molar-refractivity contribution in [3.63, 3.8) is 0 Å². The number of carbonyl (C=O) groups excluding carboxylic acids is 1. The number of hydrogen-bond donors (Lipinski definition) is 1. The minimum absolute atomic E-state index is 0.0102. The van der Waals surface area contributed by atoms with Gasteiger partial charge in [0.15, 0.2) is 0 Å². The number of halogens is 2. The Morgan fingerprint density at radius 1 is 1.11 bits per heavy atom. The van der Waals surface area contributed by atoms with Gasteiger partial charge in [-0.1, -0.05) is 41.9 Å². The minimum atomic E-state index is -0.685. The summed E-state index contributed by atoms with van der Waals surface area (Å²) in [4.78, 5) is 23.9. The number of para-hydroxylation sites is 1. The fourth-order valence-electron chi connectivity index (χ4n) is 6.74. The van der Waals surface area contributed by atoms with E-state index < -0.39 is 12.0 Å². The summed E-state index contributed by atoms with van der Waals surface area (Å²) in [6.45, 7) is 3.90. The molecular weight excluding hydrogens is 623 g/mol. The van der Waals surface area contributed by atoms with Gasteiger partial charge in [-0.05, 0) is 62.0 Å². The van der Waals surface area contributed by atoms with Crippen LogP contribution in [0.25, 0.3) is 22.9 Å². The molecule has 5 aromatic rings. The molecule has 1 amide bonds. The SMILES string of the molecule is NC(=O)c1nncn1-c1cc2nc(CN3CCC(c4cccc5c4O[C@@H](c4ccc(Cl)cc4F)C=C5)CC3)n(C[C@@H]3CCO3)c2cn1. The molecule has 6 heterocycles. The highest BCUT2D eigenvalue weighted by Gasteiger charge is 2.29. The molecule has 2 saturated heterocycles. The third-order valence-corrected chi connectivity index (χ3v) is 9.56. The lowest BCUT2D eigenvalue weighted by atomic mass is 9.87. The molecule has 0 bridgehead atoms. The van der Waals surface area contributed by atoms with Gasteiger partial charge >= 0.3 is 0 Å². The van der Waals surface area contributed by atoms with Crippen molar-refractivity contribution in [3.8, 4) is 11.6 Å². The van der Waals surface area contributed by atoms with Crippen molar-refractivity contribution in [2.45, 2.75) is 50.5 Å². The van der Waals surface area contributed by atoms with Crippen LogP contribution in [0, 0.1) is 5.82 Å². The van der Waals surface area contributed by atoms with Gasteiger partial charge in [-0.15, -0.1) is 10.2 Å². The van der Waals surface area contributed by atoms with E-state index in [0.717, 1.165) is 72.7 Å². The van der Waals surface area contributed by atoms with Crippen molar-refractivity contribution in [3.05, 3.63) is 100 Å². The molecule has 3 aliphatic heterocycles. The van der Waals surface area contributed by atoms with E-state index in [0.29, 0.717) is 35.4 Å². The Bertz CT molecular complexity index is 2010. The number of nitrogens with two attached hydrogens (primary N) is 1. The van der Waals surface area contributed by atoms with Gasteiger partial charge in [-0.3, -0.25) is 14.3 Å². The van der Waals surface area contributed by atoms with Crippen molar-refractivity contribution in [2.24, 2.45) is 5.73 Å². The highest BCUT2D eigenvalue weighted by Crippen LogP contribution is 2.42. The van der Waals surface area contributed by atoms with Crippen LogP contribution in [0.1, 0.15) is 64.4 Å². The lowest BCUT2D eigenvalue weighted by molar-refractivity contribution is -0.0592. The summed E-state index contributed by atoms with van der Waals surface area (Å²) >= 11 is 5.99. The number of ether oxygens (including phenoxy) is 2. The highest BCUT2D eigenvalue weighted by molar-refractivity contribution is 6.30. The van der Waals surface area contributed by atoms with Crippen molar-refractivity contribution in [1.29, 1.82) is 0 Å². The number of likely N-dealkylation sites (tertiary alicyclic amines) is 1. The zero-order valence-corrected chi connectivity index (χ0v) is 26.2. The standard InChI is InChI=1S/C34H32ClFN8O3/c35-22-5-6-25(26(36)14-22)29-7-4-21-2-1-3-24(32(21)47-29)20-8-11-42(12-9-20)18-31-40-27-15-30(44-19-39-41-34(44)33(37)45)38-16-28(27)43(31)17-23-10-13-46-23/h1-7,14-16,19-20,23,29H,8-13,17-18H2,(H2,37,45)/t23-,29+/m0/s1.